The Morgan fingerprint density at radius 1 is 1.16 bits per heavy atom. The van der Waals surface area contributed by atoms with Crippen LogP contribution in [0.2, 0.25) is 0 Å². The van der Waals surface area contributed by atoms with Gasteiger partial charge in [0.1, 0.15) is 29.6 Å². The van der Waals surface area contributed by atoms with Crippen LogP contribution in [0, 0.1) is 5.82 Å². The minimum atomic E-state index is -4.15. The second-order valence-electron chi connectivity index (χ2n) is 6.88. The Morgan fingerprint density at radius 3 is 2.55 bits per heavy atom. The van der Waals surface area contributed by atoms with E-state index in [1.165, 1.54) is 11.1 Å². The summed E-state index contributed by atoms with van der Waals surface area (Å²) in [5, 5.41) is 9.59. The van der Waals surface area contributed by atoms with Gasteiger partial charge in [-0.2, -0.15) is 15.1 Å². The molecule has 0 aliphatic carbocycles. The number of aromatic nitrogens is 5. The van der Waals surface area contributed by atoms with Gasteiger partial charge in [-0.1, -0.05) is 0 Å². The number of nitrogens with zero attached hydrogens (tertiary/aromatic N) is 5. The van der Waals surface area contributed by atoms with Crippen molar-refractivity contribution in [2.24, 2.45) is 0 Å². The maximum atomic E-state index is 13.3. The van der Waals surface area contributed by atoms with Gasteiger partial charge in [0.2, 0.25) is 15.7 Å². The summed E-state index contributed by atoms with van der Waals surface area (Å²) in [6, 6.07) is 7.73. The zero-order valence-electron chi connectivity index (χ0n) is 16.6. The van der Waals surface area contributed by atoms with Crippen LogP contribution in [-0.2, 0) is 21.2 Å². The van der Waals surface area contributed by atoms with Crippen LogP contribution in [0.25, 0.3) is 11.0 Å². The molecule has 0 spiro atoms. The van der Waals surface area contributed by atoms with Gasteiger partial charge in [-0.3, -0.25) is 9.89 Å². The van der Waals surface area contributed by atoms with Gasteiger partial charge in [-0.05, 0) is 30.3 Å². The molecule has 1 amide bonds. The summed E-state index contributed by atoms with van der Waals surface area (Å²) >= 11 is 0. The number of anilines is 2. The minimum Gasteiger partial charge on any atom is -0.347 e. The smallest absolute Gasteiger partial charge is 0.256 e. The molecule has 3 heterocycles. The fourth-order valence-electron chi connectivity index (χ4n) is 2.85. The SMILES string of the molecule is CN(C)C(=O)Cn1ccc2c(Nc3ccn[nH]3)nc(S(=O)(=O)c3ccc(F)cc3)nc21. The maximum Gasteiger partial charge on any atom is 0.256 e. The first kappa shape index (κ1) is 20.5. The van der Waals surface area contributed by atoms with Gasteiger partial charge in [-0.15, -0.1) is 0 Å². The molecule has 12 heteroatoms. The van der Waals surface area contributed by atoms with E-state index < -0.39 is 20.8 Å². The topological polar surface area (TPSA) is 126 Å². The molecule has 0 unspecified atom stereocenters. The van der Waals surface area contributed by atoms with Crippen molar-refractivity contribution in [2.45, 2.75) is 16.6 Å². The van der Waals surface area contributed by atoms with E-state index in [1.807, 2.05) is 0 Å². The van der Waals surface area contributed by atoms with Crippen molar-refractivity contribution in [2.75, 3.05) is 19.4 Å². The molecule has 3 aromatic heterocycles. The first-order chi connectivity index (χ1) is 14.8. The number of fused-ring (bicyclic) bond motifs is 1. The molecule has 2 N–H and O–H groups in total. The zero-order valence-corrected chi connectivity index (χ0v) is 17.4. The number of carbonyl (C=O) groups is 1. The van der Waals surface area contributed by atoms with Crippen molar-refractivity contribution in [3.63, 3.8) is 0 Å². The molecule has 0 aliphatic heterocycles. The molecular formula is C19H18FN7O3S. The summed E-state index contributed by atoms with van der Waals surface area (Å²) in [5.74, 6) is -0.0524. The van der Waals surface area contributed by atoms with Gasteiger partial charge in [0, 0.05) is 26.4 Å². The number of aromatic amines is 1. The molecule has 0 saturated heterocycles. The number of rotatable bonds is 6. The minimum absolute atomic E-state index is 0.0347. The van der Waals surface area contributed by atoms with E-state index in [4.69, 9.17) is 0 Å². The van der Waals surface area contributed by atoms with Crippen molar-refractivity contribution in [1.82, 2.24) is 29.6 Å². The highest BCUT2D eigenvalue weighted by molar-refractivity contribution is 7.91. The lowest BCUT2D eigenvalue weighted by Crippen LogP contribution is -2.26. The van der Waals surface area contributed by atoms with Crippen LogP contribution >= 0.6 is 0 Å². The highest BCUT2D eigenvalue weighted by Gasteiger charge is 2.25. The quantitative estimate of drug-likeness (QED) is 0.345. The molecular weight excluding hydrogens is 425 g/mol. The highest BCUT2D eigenvalue weighted by Crippen LogP contribution is 2.28. The molecule has 0 atom stereocenters. The summed E-state index contributed by atoms with van der Waals surface area (Å²) in [6.07, 6.45) is 3.16. The molecule has 0 bridgehead atoms. The van der Waals surface area contributed by atoms with Crippen LogP contribution in [-0.4, -0.2) is 58.1 Å². The summed E-state index contributed by atoms with van der Waals surface area (Å²) < 4.78 is 41.1. The number of amides is 1. The van der Waals surface area contributed by atoms with Crippen molar-refractivity contribution < 1.29 is 17.6 Å². The van der Waals surface area contributed by atoms with Gasteiger partial charge >= 0.3 is 0 Å². The third-order valence-electron chi connectivity index (χ3n) is 4.52. The first-order valence-corrected chi connectivity index (χ1v) is 10.6. The number of likely N-dealkylation sites (N-methyl/N-ethyl adjacent to an activating group) is 1. The van der Waals surface area contributed by atoms with Crippen LogP contribution in [0.5, 0.6) is 0 Å². The number of halogens is 1. The lowest BCUT2D eigenvalue weighted by atomic mass is 10.3. The van der Waals surface area contributed by atoms with Crippen LogP contribution in [0.1, 0.15) is 0 Å². The van der Waals surface area contributed by atoms with Crippen molar-refractivity contribution >= 4 is 38.4 Å². The van der Waals surface area contributed by atoms with Gasteiger partial charge in [0.05, 0.1) is 16.5 Å². The number of nitrogens with one attached hydrogen (secondary N) is 2. The van der Waals surface area contributed by atoms with E-state index in [9.17, 15) is 17.6 Å². The van der Waals surface area contributed by atoms with Crippen LogP contribution in [0.4, 0.5) is 16.0 Å². The lowest BCUT2D eigenvalue weighted by Gasteiger charge is -2.12. The third-order valence-corrected chi connectivity index (χ3v) is 6.08. The monoisotopic (exact) mass is 443 g/mol. The predicted octanol–water partition coefficient (Wildman–Crippen LogP) is 1.96. The lowest BCUT2D eigenvalue weighted by molar-refractivity contribution is -0.129. The largest absolute Gasteiger partial charge is 0.347 e. The number of H-pyrrole nitrogens is 1. The average Bonchev–Trinajstić information content (AvgIpc) is 3.38. The van der Waals surface area contributed by atoms with E-state index in [2.05, 4.69) is 25.5 Å². The Labute approximate surface area is 176 Å². The Bertz CT molecular complexity index is 1350. The molecule has 160 valence electrons. The van der Waals surface area contributed by atoms with Crippen LogP contribution < -0.4 is 5.32 Å². The fourth-order valence-corrected chi connectivity index (χ4v) is 3.97. The molecule has 0 aliphatic rings. The van der Waals surface area contributed by atoms with E-state index in [1.54, 1.807) is 37.0 Å². The highest BCUT2D eigenvalue weighted by atomic mass is 32.2. The maximum absolute atomic E-state index is 13.3. The predicted molar refractivity (Wildman–Crippen MR) is 110 cm³/mol. The number of hydrogen-bond donors (Lipinski definition) is 2. The van der Waals surface area contributed by atoms with E-state index in [-0.39, 0.29) is 28.8 Å². The molecule has 31 heavy (non-hydrogen) atoms. The molecule has 0 radical (unpaired) electrons. The zero-order chi connectivity index (χ0) is 22.2. The summed E-state index contributed by atoms with van der Waals surface area (Å²) in [4.78, 5) is 21.9. The second-order valence-corrected chi connectivity index (χ2v) is 8.72. The molecule has 0 saturated carbocycles. The number of carbonyl (C=O) groups excluding carboxylic acids is 1. The Balaban J connectivity index is 1.88. The molecule has 1 aromatic carbocycles. The van der Waals surface area contributed by atoms with Gasteiger partial charge in [0.25, 0.3) is 5.16 Å². The Hall–Kier alpha value is -3.80. The number of sulfone groups is 1. The van der Waals surface area contributed by atoms with Gasteiger partial charge in [-0.25, -0.2) is 12.8 Å². The normalized spacial score (nSPS) is 11.6. The molecule has 4 rings (SSSR count). The van der Waals surface area contributed by atoms with Crippen LogP contribution in [0.15, 0.2) is 58.8 Å². The third kappa shape index (κ3) is 3.97. The standard InChI is InChI=1S/C19H18FN7O3S/c1-26(2)16(28)11-27-10-8-14-17(22-15-7-9-21-25-15)23-19(24-18(14)27)31(29,30)13-5-3-12(20)4-6-13/h3-10H,11H2,1-2H3,(H2,21,22,23,24,25). The second kappa shape index (κ2) is 7.80. The van der Waals surface area contributed by atoms with Gasteiger partial charge < -0.3 is 14.8 Å². The fraction of sp³-hybridized carbons (Fsp3) is 0.158. The van der Waals surface area contributed by atoms with Crippen LogP contribution in [0.3, 0.4) is 0 Å². The molecule has 10 nitrogen and oxygen atoms in total. The van der Waals surface area contributed by atoms with Crippen molar-refractivity contribution in [3.8, 4) is 0 Å². The first-order valence-electron chi connectivity index (χ1n) is 9.10. The molecule has 4 aromatic rings. The van der Waals surface area contributed by atoms with E-state index in [0.717, 1.165) is 24.3 Å². The summed E-state index contributed by atoms with van der Waals surface area (Å²) in [6.45, 7) is -0.0347. The Kier molecular flexibility index (Phi) is 5.15. The summed E-state index contributed by atoms with van der Waals surface area (Å²) in [5.41, 5.74) is 0.257. The van der Waals surface area contributed by atoms with E-state index >= 15 is 0 Å². The molecule has 0 fully saturated rings. The summed E-state index contributed by atoms with van der Waals surface area (Å²) in [7, 11) is -0.904. The Morgan fingerprint density at radius 2 is 1.90 bits per heavy atom. The van der Waals surface area contributed by atoms with Gasteiger partial charge in [0.15, 0.2) is 0 Å². The van der Waals surface area contributed by atoms with Crippen molar-refractivity contribution in [3.05, 3.63) is 54.6 Å². The number of benzene rings is 1. The van der Waals surface area contributed by atoms with Crippen molar-refractivity contribution in [1.29, 1.82) is 0 Å². The average molecular weight is 443 g/mol. The van der Waals surface area contributed by atoms with E-state index in [0.29, 0.717) is 11.2 Å². The number of hydrogen-bond acceptors (Lipinski definition) is 7.